The number of tetrazole rings is 1. The summed E-state index contributed by atoms with van der Waals surface area (Å²) >= 11 is 1.50. The molecule has 3 aromatic rings. The minimum Gasteiger partial charge on any atom is -0.356 e. The summed E-state index contributed by atoms with van der Waals surface area (Å²) < 4.78 is 0. The highest BCUT2D eigenvalue weighted by Crippen LogP contribution is 2.29. The number of nitrogens with one attached hydrogen (secondary N) is 2. The van der Waals surface area contributed by atoms with Crippen LogP contribution in [0.3, 0.4) is 0 Å². The van der Waals surface area contributed by atoms with Crippen molar-refractivity contribution in [2.45, 2.75) is 16.3 Å². The smallest absolute Gasteiger partial charge is 0.269 e. The molecule has 3 rings (SSSR count). The van der Waals surface area contributed by atoms with E-state index in [2.05, 4.69) is 25.6 Å². The highest BCUT2D eigenvalue weighted by Gasteiger charge is 2.22. The Bertz CT molecular complexity index is 783. The van der Waals surface area contributed by atoms with Crippen LogP contribution in [-0.4, -0.2) is 37.2 Å². The molecule has 8 heteroatoms. The summed E-state index contributed by atoms with van der Waals surface area (Å²) in [5.74, 6) is -1.53. The third-order valence-electron chi connectivity index (χ3n) is 2.91. The number of ketones is 2. The van der Waals surface area contributed by atoms with E-state index in [0.29, 0.717) is 0 Å². The van der Waals surface area contributed by atoms with Gasteiger partial charge in [0.1, 0.15) is 0 Å². The van der Waals surface area contributed by atoms with Gasteiger partial charge in [0.05, 0.1) is 5.03 Å². The summed E-state index contributed by atoms with van der Waals surface area (Å²) in [7, 11) is 0. The summed E-state index contributed by atoms with van der Waals surface area (Å²) in [5, 5.41) is 13.3. The van der Waals surface area contributed by atoms with Gasteiger partial charge in [0, 0.05) is 17.5 Å². The third-order valence-corrected chi connectivity index (χ3v) is 4.00. The molecule has 0 amide bonds. The first-order chi connectivity index (χ1) is 10.7. The lowest BCUT2D eigenvalue weighted by Crippen LogP contribution is -2.18. The number of aromatic amines is 2. The molecule has 0 saturated carbocycles. The number of carbonyl (C=O) groups excluding carboxylic acids is 2. The number of H-pyrrole nitrogens is 2. The van der Waals surface area contributed by atoms with Crippen molar-refractivity contribution in [2.75, 3.05) is 0 Å². The molecule has 110 valence electrons. The lowest BCUT2D eigenvalue weighted by atomic mass is 10.1. The van der Waals surface area contributed by atoms with E-state index in [1.165, 1.54) is 11.8 Å². The molecule has 0 bridgehead atoms. The lowest BCUT2D eigenvalue weighted by molar-refractivity contribution is -0.114. The maximum absolute atomic E-state index is 12.0. The van der Waals surface area contributed by atoms with Crippen LogP contribution in [0.1, 0.15) is 16.2 Å². The van der Waals surface area contributed by atoms with Gasteiger partial charge >= 0.3 is 0 Å². The second kappa shape index (κ2) is 6.35. The van der Waals surface area contributed by atoms with Crippen LogP contribution in [0.25, 0.3) is 0 Å². The van der Waals surface area contributed by atoms with Gasteiger partial charge < -0.3 is 4.98 Å². The summed E-state index contributed by atoms with van der Waals surface area (Å²) in [5.41, 5.74) is 0.760. The van der Waals surface area contributed by atoms with Crippen molar-refractivity contribution in [3.05, 3.63) is 54.0 Å². The molecule has 0 aliphatic carbocycles. The molecule has 2 aromatic heterocycles. The zero-order valence-electron chi connectivity index (χ0n) is 11.3. The second-order valence-corrected chi connectivity index (χ2v) is 5.50. The highest BCUT2D eigenvalue weighted by molar-refractivity contribution is 7.99. The average Bonchev–Trinajstić information content (AvgIpc) is 3.20. The number of benzene rings is 1. The largest absolute Gasteiger partial charge is 0.356 e. The van der Waals surface area contributed by atoms with E-state index in [1.807, 2.05) is 30.3 Å². The predicted octanol–water partition coefficient (Wildman–Crippen LogP) is 1.67. The zero-order chi connectivity index (χ0) is 15.4. The van der Waals surface area contributed by atoms with Crippen molar-refractivity contribution in [2.24, 2.45) is 0 Å². The van der Waals surface area contributed by atoms with E-state index < -0.39 is 11.6 Å². The fraction of sp³-hybridized carbons (Fsp3) is 0.0714. The molecule has 0 aliphatic rings. The number of hydrogen-bond acceptors (Lipinski definition) is 6. The number of rotatable bonds is 6. The van der Waals surface area contributed by atoms with Gasteiger partial charge in [-0.1, -0.05) is 30.0 Å². The van der Waals surface area contributed by atoms with Crippen molar-refractivity contribution >= 4 is 23.3 Å². The normalized spacial score (nSPS) is 10.5. The molecular formula is C14H11N5O2S. The van der Waals surface area contributed by atoms with Crippen molar-refractivity contribution in [3.63, 3.8) is 0 Å². The van der Waals surface area contributed by atoms with Crippen LogP contribution in [0.4, 0.5) is 0 Å². The Morgan fingerprint density at radius 2 is 1.95 bits per heavy atom. The summed E-state index contributed by atoms with van der Waals surface area (Å²) in [6, 6.07) is 11.5. The van der Waals surface area contributed by atoms with E-state index in [-0.39, 0.29) is 12.2 Å². The van der Waals surface area contributed by atoms with Gasteiger partial charge in [0.15, 0.2) is 0 Å². The Hall–Kier alpha value is -2.74. The van der Waals surface area contributed by atoms with Crippen molar-refractivity contribution in [1.82, 2.24) is 25.6 Å². The van der Waals surface area contributed by atoms with E-state index in [9.17, 15) is 9.59 Å². The van der Waals surface area contributed by atoms with Crippen LogP contribution in [0.2, 0.25) is 0 Å². The molecule has 2 heterocycles. The van der Waals surface area contributed by atoms with E-state index in [0.717, 1.165) is 15.5 Å². The van der Waals surface area contributed by atoms with Crippen LogP contribution in [0, 0.1) is 0 Å². The van der Waals surface area contributed by atoms with Crippen LogP contribution in [-0.2, 0) is 11.2 Å². The third kappa shape index (κ3) is 3.12. The molecular weight excluding hydrogens is 302 g/mol. The first kappa shape index (κ1) is 14.2. The summed E-state index contributed by atoms with van der Waals surface area (Å²) in [6.07, 6.45) is 1.73. The number of aromatic nitrogens is 5. The number of nitrogens with zero attached hydrogens (tertiary/aromatic N) is 3. The van der Waals surface area contributed by atoms with Gasteiger partial charge in [-0.3, -0.25) is 9.59 Å². The molecule has 0 spiro atoms. The molecule has 0 radical (unpaired) electrons. The number of carbonyl (C=O) groups is 2. The van der Waals surface area contributed by atoms with Crippen LogP contribution in [0.5, 0.6) is 0 Å². The van der Waals surface area contributed by atoms with Crippen LogP contribution < -0.4 is 0 Å². The maximum Gasteiger partial charge on any atom is 0.269 e. The summed E-state index contributed by atoms with van der Waals surface area (Å²) in [6.45, 7) is 0. The molecule has 1 aromatic carbocycles. The van der Waals surface area contributed by atoms with E-state index >= 15 is 0 Å². The van der Waals surface area contributed by atoms with E-state index in [1.54, 1.807) is 12.3 Å². The molecule has 0 aliphatic heterocycles. The highest BCUT2D eigenvalue weighted by atomic mass is 32.2. The van der Waals surface area contributed by atoms with Crippen molar-refractivity contribution < 1.29 is 9.59 Å². The van der Waals surface area contributed by atoms with Crippen molar-refractivity contribution in [3.8, 4) is 0 Å². The molecule has 0 atom stereocenters. The zero-order valence-corrected chi connectivity index (χ0v) is 12.1. The predicted molar refractivity (Wildman–Crippen MR) is 78.6 cm³/mol. The molecule has 2 N–H and O–H groups in total. The average molecular weight is 313 g/mol. The molecule has 7 nitrogen and oxygen atoms in total. The Balaban J connectivity index is 1.72. The minimum atomic E-state index is -0.745. The van der Waals surface area contributed by atoms with E-state index in [4.69, 9.17) is 0 Å². The van der Waals surface area contributed by atoms with Gasteiger partial charge in [-0.2, -0.15) is 5.21 Å². The fourth-order valence-corrected chi connectivity index (χ4v) is 2.79. The Labute approximate surface area is 129 Å². The van der Waals surface area contributed by atoms with Gasteiger partial charge in [-0.25, -0.2) is 0 Å². The Kier molecular flexibility index (Phi) is 4.10. The van der Waals surface area contributed by atoms with Crippen LogP contribution >= 0.6 is 11.8 Å². The monoisotopic (exact) mass is 313 g/mol. The topological polar surface area (TPSA) is 104 Å². The molecule has 0 unspecified atom stereocenters. The Morgan fingerprint density at radius 1 is 1.14 bits per heavy atom. The molecule has 0 fully saturated rings. The first-order valence-electron chi connectivity index (χ1n) is 6.44. The number of hydrogen-bond donors (Lipinski definition) is 2. The first-order valence-corrected chi connectivity index (χ1v) is 7.26. The van der Waals surface area contributed by atoms with Gasteiger partial charge in [-0.05, 0) is 29.0 Å². The van der Waals surface area contributed by atoms with Gasteiger partial charge in [-0.15, -0.1) is 10.2 Å². The van der Waals surface area contributed by atoms with Crippen LogP contribution in [0.15, 0.2) is 52.5 Å². The van der Waals surface area contributed by atoms with Crippen molar-refractivity contribution in [1.29, 1.82) is 0 Å². The van der Waals surface area contributed by atoms with Gasteiger partial charge in [0.2, 0.25) is 11.6 Å². The molecule has 0 saturated heterocycles. The van der Waals surface area contributed by atoms with Gasteiger partial charge in [0.25, 0.3) is 5.78 Å². The molecule has 22 heavy (non-hydrogen) atoms. The summed E-state index contributed by atoms with van der Waals surface area (Å²) in [4.78, 5) is 28.0. The maximum atomic E-state index is 12.0. The number of Topliss-reactive ketones (excluding diaryl/α,β-unsaturated/α-hetero) is 2. The quantitative estimate of drug-likeness (QED) is 0.530. The SMILES string of the molecule is O=C(Cc1cc[nH]c1Sc1ccccc1)C(=O)c1nn[nH]n1. The second-order valence-electron chi connectivity index (χ2n) is 4.41. The fourth-order valence-electron chi connectivity index (χ4n) is 1.86. The lowest BCUT2D eigenvalue weighted by Gasteiger charge is -2.03. The Morgan fingerprint density at radius 3 is 2.68 bits per heavy atom. The standard InChI is InChI=1S/C14H11N5O2S/c20-11(12(21)13-16-18-19-17-13)8-9-6-7-15-14(9)22-10-4-2-1-3-5-10/h1-7,15H,8H2,(H,16,17,18,19). The minimum absolute atomic E-state index is 0.00790.